The standard InChI is InChI=1S/C19H11Cl3O4/c20-15-13(18(25)26-8-9-7-19(9,21)22)6-5-12-14(15)17(24)11-4-2-1-3-10(11)16(12)23/h1-6,9H,7-8H2. The van der Waals surface area contributed by atoms with Crippen molar-refractivity contribution in [1.82, 2.24) is 0 Å². The molecule has 1 atom stereocenters. The Hall–Kier alpha value is -1.88. The monoisotopic (exact) mass is 408 g/mol. The Bertz CT molecular complexity index is 981. The second kappa shape index (κ2) is 6.08. The minimum atomic E-state index is -0.855. The second-order valence-electron chi connectivity index (χ2n) is 6.31. The minimum Gasteiger partial charge on any atom is -0.462 e. The second-order valence-corrected chi connectivity index (χ2v) is 8.23. The fourth-order valence-electron chi connectivity index (χ4n) is 3.01. The van der Waals surface area contributed by atoms with Gasteiger partial charge in [0.25, 0.3) is 0 Å². The first-order chi connectivity index (χ1) is 12.3. The number of rotatable bonds is 3. The van der Waals surface area contributed by atoms with Crippen LogP contribution in [0, 0.1) is 5.92 Å². The van der Waals surface area contributed by atoms with Crippen molar-refractivity contribution in [1.29, 1.82) is 0 Å². The molecule has 26 heavy (non-hydrogen) atoms. The number of carbonyl (C=O) groups is 3. The molecule has 0 aliphatic heterocycles. The van der Waals surface area contributed by atoms with E-state index in [1.165, 1.54) is 12.1 Å². The molecule has 0 bridgehead atoms. The van der Waals surface area contributed by atoms with Crippen LogP contribution in [0.2, 0.25) is 5.02 Å². The Morgan fingerprint density at radius 1 is 1.04 bits per heavy atom. The average Bonchev–Trinajstić information content (AvgIpc) is 3.24. The number of hydrogen-bond donors (Lipinski definition) is 0. The van der Waals surface area contributed by atoms with Crippen molar-refractivity contribution in [2.75, 3.05) is 6.61 Å². The number of fused-ring (bicyclic) bond motifs is 2. The third-order valence-electron chi connectivity index (χ3n) is 4.62. The molecule has 4 rings (SSSR count). The summed E-state index contributed by atoms with van der Waals surface area (Å²) in [4.78, 5) is 37.8. The van der Waals surface area contributed by atoms with E-state index >= 15 is 0 Å². The molecule has 1 unspecified atom stereocenters. The van der Waals surface area contributed by atoms with Crippen LogP contribution in [0.4, 0.5) is 0 Å². The Morgan fingerprint density at radius 2 is 1.65 bits per heavy atom. The van der Waals surface area contributed by atoms with Crippen LogP contribution >= 0.6 is 34.8 Å². The van der Waals surface area contributed by atoms with Crippen LogP contribution in [0.3, 0.4) is 0 Å². The fraction of sp³-hybridized carbons (Fsp3) is 0.211. The highest BCUT2D eigenvalue weighted by molar-refractivity contribution is 6.50. The van der Waals surface area contributed by atoms with Gasteiger partial charge in [-0.1, -0.05) is 35.9 Å². The number of carbonyl (C=O) groups excluding carboxylic acids is 3. The summed E-state index contributed by atoms with van der Waals surface area (Å²) in [6.07, 6.45) is 0.547. The Morgan fingerprint density at radius 3 is 2.27 bits per heavy atom. The third-order valence-corrected chi connectivity index (χ3v) is 5.94. The highest BCUT2D eigenvalue weighted by Gasteiger charge is 2.52. The van der Waals surface area contributed by atoms with E-state index < -0.39 is 16.1 Å². The van der Waals surface area contributed by atoms with Crippen LogP contribution in [0.15, 0.2) is 36.4 Å². The number of esters is 1. The Labute approximate surface area is 164 Å². The number of halogens is 3. The number of benzene rings is 2. The van der Waals surface area contributed by atoms with Gasteiger partial charge in [-0.15, -0.1) is 23.2 Å². The van der Waals surface area contributed by atoms with Gasteiger partial charge in [-0.05, 0) is 18.6 Å². The van der Waals surface area contributed by atoms with E-state index in [0.717, 1.165) is 0 Å². The van der Waals surface area contributed by atoms with Crippen molar-refractivity contribution in [3.8, 4) is 0 Å². The van der Waals surface area contributed by atoms with E-state index in [1.807, 2.05) is 0 Å². The van der Waals surface area contributed by atoms with E-state index in [0.29, 0.717) is 12.0 Å². The summed E-state index contributed by atoms with van der Waals surface area (Å²) in [5.41, 5.74) is 0.828. The van der Waals surface area contributed by atoms with Crippen LogP contribution in [0.25, 0.3) is 0 Å². The zero-order valence-electron chi connectivity index (χ0n) is 13.2. The van der Waals surface area contributed by atoms with Gasteiger partial charge in [-0.3, -0.25) is 9.59 Å². The van der Waals surface area contributed by atoms with Gasteiger partial charge in [0, 0.05) is 22.6 Å². The van der Waals surface area contributed by atoms with Crippen molar-refractivity contribution >= 4 is 52.3 Å². The lowest BCUT2D eigenvalue weighted by Gasteiger charge is -2.19. The first-order valence-corrected chi connectivity index (χ1v) is 9.00. The lowest BCUT2D eigenvalue weighted by molar-refractivity contribution is 0.0485. The zero-order chi connectivity index (χ0) is 18.6. The lowest BCUT2D eigenvalue weighted by atomic mass is 9.83. The molecule has 0 amide bonds. The maximum Gasteiger partial charge on any atom is 0.339 e. The molecule has 1 saturated carbocycles. The van der Waals surface area contributed by atoms with Gasteiger partial charge in [0.1, 0.15) is 4.33 Å². The largest absolute Gasteiger partial charge is 0.462 e. The molecule has 0 heterocycles. The first kappa shape index (κ1) is 17.5. The molecule has 0 spiro atoms. The number of ether oxygens (including phenoxy) is 1. The molecular weight excluding hydrogens is 399 g/mol. The zero-order valence-corrected chi connectivity index (χ0v) is 15.5. The van der Waals surface area contributed by atoms with Crippen molar-refractivity contribution in [2.45, 2.75) is 10.8 Å². The highest BCUT2D eigenvalue weighted by Crippen LogP contribution is 2.53. The number of hydrogen-bond acceptors (Lipinski definition) is 4. The average molecular weight is 410 g/mol. The van der Waals surface area contributed by atoms with Crippen LogP contribution < -0.4 is 0 Å². The summed E-state index contributed by atoms with van der Waals surface area (Å²) in [7, 11) is 0. The molecule has 0 N–H and O–H groups in total. The molecule has 4 nitrogen and oxygen atoms in total. The highest BCUT2D eigenvalue weighted by atomic mass is 35.5. The molecule has 132 valence electrons. The van der Waals surface area contributed by atoms with E-state index in [1.54, 1.807) is 24.3 Å². The molecule has 2 aromatic rings. The van der Waals surface area contributed by atoms with Gasteiger partial charge in [-0.25, -0.2) is 4.79 Å². The quantitative estimate of drug-likeness (QED) is 0.473. The van der Waals surface area contributed by atoms with Gasteiger partial charge in [-0.2, -0.15) is 0 Å². The summed E-state index contributed by atoms with van der Waals surface area (Å²) in [6, 6.07) is 9.33. The summed E-state index contributed by atoms with van der Waals surface area (Å²) in [5, 5.41) is -0.0841. The maximum absolute atomic E-state index is 12.8. The SMILES string of the molecule is O=C(OCC1CC1(Cl)Cl)c1ccc2c(c1Cl)C(=O)c1ccccc1C2=O. The summed E-state index contributed by atoms with van der Waals surface area (Å²) >= 11 is 18.1. The van der Waals surface area contributed by atoms with Crippen LogP contribution in [-0.2, 0) is 4.74 Å². The van der Waals surface area contributed by atoms with Crippen molar-refractivity contribution < 1.29 is 19.1 Å². The summed E-state index contributed by atoms with van der Waals surface area (Å²) < 4.78 is 4.35. The van der Waals surface area contributed by atoms with E-state index in [2.05, 4.69) is 0 Å². The summed E-state index contributed by atoms with van der Waals surface area (Å²) in [6.45, 7) is 0.0644. The smallest absolute Gasteiger partial charge is 0.339 e. The topological polar surface area (TPSA) is 60.4 Å². The van der Waals surface area contributed by atoms with Crippen LogP contribution in [-0.4, -0.2) is 28.5 Å². The molecular formula is C19H11Cl3O4. The Balaban J connectivity index is 1.67. The van der Waals surface area contributed by atoms with E-state index in [9.17, 15) is 14.4 Å². The van der Waals surface area contributed by atoms with Gasteiger partial charge in [0.05, 0.1) is 22.8 Å². The molecule has 2 aliphatic carbocycles. The van der Waals surface area contributed by atoms with Crippen LogP contribution in [0.1, 0.15) is 48.6 Å². The molecule has 0 radical (unpaired) electrons. The predicted octanol–water partition coefficient (Wildman–Crippen LogP) is 4.47. The molecule has 1 fully saturated rings. The van der Waals surface area contributed by atoms with Crippen molar-refractivity contribution in [3.63, 3.8) is 0 Å². The van der Waals surface area contributed by atoms with E-state index in [-0.39, 0.29) is 45.6 Å². The van der Waals surface area contributed by atoms with Crippen molar-refractivity contribution in [2.24, 2.45) is 5.92 Å². The molecule has 7 heteroatoms. The summed E-state index contributed by atoms with van der Waals surface area (Å²) in [5.74, 6) is -1.50. The van der Waals surface area contributed by atoms with Gasteiger partial charge in [0.15, 0.2) is 11.6 Å². The molecule has 0 aromatic heterocycles. The fourth-order valence-corrected chi connectivity index (χ4v) is 3.83. The third kappa shape index (κ3) is 2.73. The number of ketones is 2. The van der Waals surface area contributed by atoms with E-state index in [4.69, 9.17) is 39.5 Å². The maximum atomic E-state index is 12.8. The van der Waals surface area contributed by atoms with Gasteiger partial charge in [0.2, 0.25) is 0 Å². The molecule has 0 saturated heterocycles. The normalized spacial score (nSPS) is 19.6. The Kier molecular flexibility index (Phi) is 4.10. The van der Waals surface area contributed by atoms with Gasteiger partial charge >= 0.3 is 5.97 Å². The minimum absolute atomic E-state index is 0.0280. The molecule has 2 aliphatic rings. The molecule has 2 aromatic carbocycles. The van der Waals surface area contributed by atoms with Gasteiger partial charge < -0.3 is 4.74 Å². The number of alkyl halides is 2. The van der Waals surface area contributed by atoms with Crippen LogP contribution in [0.5, 0.6) is 0 Å². The lowest BCUT2D eigenvalue weighted by Crippen LogP contribution is -2.22. The first-order valence-electron chi connectivity index (χ1n) is 7.87. The predicted molar refractivity (Wildman–Crippen MR) is 97.6 cm³/mol. The van der Waals surface area contributed by atoms with Crippen molar-refractivity contribution in [3.05, 3.63) is 69.2 Å².